The van der Waals surface area contributed by atoms with Gasteiger partial charge in [-0.15, -0.1) is 0 Å². The number of halogens is 2. The molecule has 150 valence electrons. The van der Waals surface area contributed by atoms with Gasteiger partial charge in [0.1, 0.15) is 16.5 Å². The molecule has 0 atom stereocenters. The third kappa shape index (κ3) is 4.16. The van der Waals surface area contributed by atoms with Crippen molar-refractivity contribution in [1.29, 1.82) is 0 Å². The van der Waals surface area contributed by atoms with Gasteiger partial charge in [-0.05, 0) is 36.4 Å². The molecule has 1 heterocycles. The Kier molecular flexibility index (Phi) is 5.72. The number of hydrogen-bond acceptors (Lipinski definition) is 4. The number of aliphatic imine (C=N–C) groups is 1. The fourth-order valence-electron chi connectivity index (χ4n) is 2.93. The molecule has 4 aromatic rings. The summed E-state index contributed by atoms with van der Waals surface area (Å²) in [7, 11) is 0. The highest BCUT2D eigenvalue weighted by Crippen LogP contribution is 2.39. The van der Waals surface area contributed by atoms with Crippen molar-refractivity contribution in [3.63, 3.8) is 0 Å². The van der Waals surface area contributed by atoms with Crippen molar-refractivity contribution in [2.24, 2.45) is 10.7 Å². The van der Waals surface area contributed by atoms with E-state index in [1.165, 1.54) is 6.07 Å². The molecule has 0 unspecified atom stereocenters. The Morgan fingerprint density at radius 1 is 1.03 bits per heavy atom. The van der Waals surface area contributed by atoms with Crippen LogP contribution in [0.5, 0.6) is 5.75 Å². The molecular formula is C22H15Cl2N3O2S. The maximum Gasteiger partial charge on any atom is 0.266 e. The number of rotatable bonds is 4. The van der Waals surface area contributed by atoms with E-state index in [1.54, 1.807) is 30.3 Å². The lowest BCUT2D eigenvalue weighted by atomic mass is 10.2. The number of H-pyrrole nitrogens is 1. The van der Waals surface area contributed by atoms with Gasteiger partial charge in [-0.25, -0.2) is 4.99 Å². The third-order valence-corrected chi connectivity index (χ3v) is 5.94. The lowest BCUT2D eigenvalue weighted by Gasteiger charge is -2.09. The van der Waals surface area contributed by atoms with Crippen LogP contribution in [0.3, 0.4) is 0 Å². The number of aromatic hydroxyl groups is 1. The molecule has 0 aliphatic heterocycles. The quantitative estimate of drug-likeness (QED) is 0.270. The van der Waals surface area contributed by atoms with Crippen molar-refractivity contribution in [1.82, 2.24) is 4.98 Å². The lowest BCUT2D eigenvalue weighted by Crippen LogP contribution is -2.12. The van der Waals surface area contributed by atoms with Crippen molar-refractivity contribution < 1.29 is 5.11 Å². The fraction of sp³-hybridized carbons (Fsp3) is 0. The summed E-state index contributed by atoms with van der Waals surface area (Å²) < 4.78 is 0. The lowest BCUT2D eigenvalue weighted by molar-refractivity contribution is 0.467. The third-order valence-electron chi connectivity index (χ3n) is 4.34. The van der Waals surface area contributed by atoms with Crippen LogP contribution in [0.25, 0.3) is 10.9 Å². The Hall–Kier alpha value is -2.93. The molecule has 3 aromatic carbocycles. The van der Waals surface area contributed by atoms with E-state index in [0.717, 1.165) is 22.2 Å². The van der Waals surface area contributed by atoms with Crippen molar-refractivity contribution in [2.75, 3.05) is 0 Å². The second kappa shape index (κ2) is 8.44. The zero-order chi connectivity index (χ0) is 21.3. The minimum atomic E-state index is -0.432. The zero-order valence-corrected chi connectivity index (χ0v) is 17.7. The molecule has 5 nitrogen and oxygen atoms in total. The molecule has 1 aromatic heterocycles. The van der Waals surface area contributed by atoms with Crippen LogP contribution in [-0.2, 0) is 0 Å². The average Bonchev–Trinajstić information content (AvgIpc) is 2.72. The van der Waals surface area contributed by atoms with Gasteiger partial charge in [-0.2, -0.15) is 0 Å². The SMILES string of the molecule is NC(=Nc1ccc(Sc2c(O)c3c(Cl)cc(Cl)cc3[nH]c2=O)cc1)c1ccccc1. The minimum Gasteiger partial charge on any atom is -0.506 e. The molecule has 8 heteroatoms. The van der Waals surface area contributed by atoms with Crippen LogP contribution in [-0.4, -0.2) is 15.9 Å². The second-order valence-corrected chi connectivity index (χ2v) is 8.33. The summed E-state index contributed by atoms with van der Waals surface area (Å²) in [5.41, 5.74) is 7.50. The molecule has 0 saturated carbocycles. The molecule has 0 aliphatic carbocycles. The number of hydrogen-bond donors (Lipinski definition) is 3. The van der Waals surface area contributed by atoms with Crippen LogP contribution >= 0.6 is 35.0 Å². The van der Waals surface area contributed by atoms with Crippen molar-refractivity contribution in [3.8, 4) is 5.75 Å². The average molecular weight is 456 g/mol. The highest BCUT2D eigenvalue weighted by molar-refractivity contribution is 7.99. The first kappa shape index (κ1) is 20.3. The van der Waals surface area contributed by atoms with Crippen molar-refractivity contribution >= 4 is 57.4 Å². The first-order valence-corrected chi connectivity index (χ1v) is 10.4. The summed E-state index contributed by atoms with van der Waals surface area (Å²) in [6.45, 7) is 0. The van der Waals surface area contributed by atoms with Crippen LogP contribution in [0.2, 0.25) is 10.0 Å². The molecule has 0 radical (unpaired) electrons. The number of nitrogens with two attached hydrogens (primary N) is 1. The molecule has 4 rings (SSSR count). The first-order valence-electron chi connectivity index (χ1n) is 8.84. The van der Waals surface area contributed by atoms with Gasteiger partial charge in [0.15, 0.2) is 0 Å². The second-order valence-electron chi connectivity index (χ2n) is 6.40. The maximum atomic E-state index is 12.5. The van der Waals surface area contributed by atoms with E-state index in [2.05, 4.69) is 9.98 Å². The smallest absolute Gasteiger partial charge is 0.266 e. The predicted molar refractivity (Wildman–Crippen MR) is 124 cm³/mol. The Morgan fingerprint density at radius 2 is 1.73 bits per heavy atom. The van der Waals surface area contributed by atoms with Crippen LogP contribution in [0.4, 0.5) is 5.69 Å². The largest absolute Gasteiger partial charge is 0.506 e. The number of pyridine rings is 1. The first-order chi connectivity index (χ1) is 14.4. The van der Waals surface area contributed by atoms with E-state index in [4.69, 9.17) is 28.9 Å². The highest BCUT2D eigenvalue weighted by Gasteiger charge is 2.16. The summed E-state index contributed by atoms with van der Waals surface area (Å²) in [5.74, 6) is 0.226. The highest BCUT2D eigenvalue weighted by atomic mass is 35.5. The summed E-state index contributed by atoms with van der Waals surface area (Å²) >= 11 is 13.3. The number of fused-ring (bicyclic) bond motifs is 1. The predicted octanol–water partition coefficient (Wildman–Crippen LogP) is 5.73. The van der Waals surface area contributed by atoms with E-state index < -0.39 is 5.56 Å². The summed E-state index contributed by atoms with van der Waals surface area (Å²) in [6.07, 6.45) is 0. The molecule has 0 spiro atoms. The topological polar surface area (TPSA) is 91.5 Å². The van der Waals surface area contributed by atoms with Gasteiger partial charge in [0.05, 0.1) is 21.6 Å². The van der Waals surface area contributed by atoms with Gasteiger partial charge < -0.3 is 15.8 Å². The Labute approximate surface area is 186 Å². The number of nitrogens with zero attached hydrogens (tertiary/aromatic N) is 1. The van der Waals surface area contributed by atoms with Crippen molar-refractivity contribution in [3.05, 3.63) is 92.7 Å². The molecule has 0 amide bonds. The van der Waals surface area contributed by atoms with E-state index in [1.807, 2.05) is 30.3 Å². The van der Waals surface area contributed by atoms with E-state index in [0.29, 0.717) is 27.4 Å². The van der Waals surface area contributed by atoms with E-state index in [9.17, 15) is 9.90 Å². The maximum absolute atomic E-state index is 12.5. The number of aromatic nitrogens is 1. The number of nitrogens with one attached hydrogen (secondary N) is 1. The summed E-state index contributed by atoms with van der Waals surface area (Å²) in [5, 5.41) is 11.6. The normalized spacial score (nSPS) is 11.7. The van der Waals surface area contributed by atoms with Gasteiger partial charge in [0, 0.05) is 15.5 Å². The van der Waals surface area contributed by atoms with Gasteiger partial charge in [-0.1, -0.05) is 65.3 Å². The summed E-state index contributed by atoms with van der Waals surface area (Å²) in [6, 6.07) is 19.7. The van der Waals surface area contributed by atoms with E-state index >= 15 is 0 Å². The zero-order valence-electron chi connectivity index (χ0n) is 15.4. The number of aromatic amines is 1. The molecule has 0 bridgehead atoms. The van der Waals surface area contributed by atoms with Crippen LogP contribution < -0.4 is 11.3 Å². The molecule has 4 N–H and O–H groups in total. The van der Waals surface area contributed by atoms with Crippen molar-refractivity contribution in [2.45, 2.75) is 9.79 Å². The Bertz CT molecular complexity index is 1320. The monoisotopic (exact) mass is 455 g/mol. The van der Waals surface area contributed by atoms with Gasteiger partial charge in [-0.3, -0.25) is 4.79 Å². The molecular weight excluding hydrogens is 441 g/mol. The van der Waals surface area contributed by atoms with Crippen LogP contribution in [0.1, 0.15) is 5.56 Å². The summed E-state index contributed by atoms with van der Waals surface area (Å²) in [4.78, 5) is 20.5. The van der Waals surface area contributed by atoms with Crippen LogP contribution in [0.15, 0.2) is 86.3 Å². The standard InChI is InChI=1S/C22H15Cl2N3O2S/c23-13-10-16(24)18-17(11-13)27-22(29)20(19(18)28)30-15-8-6-14(7-9-15)26-21(25)12-4-2-1-3-5-12/h1-11H,(H2,25,26)(H2,27,28,29). The van der Waals surface area contributed by atoms with Gasteiger partial charge in [0.25, 0.3) is 5.56 Å². The Balaban J connectivity index is 1.64. The van der Waals surface area contributed by atoms with Gasteiger partial charge >= 0.3 is 0 Å². The molecule has 0 fully saturated rings. The van der Waals surface area contributed by atoms with Crippen LogP contribution in [0, 0.1) is 0 Å². The molecule has 0 saturated heterocycles. The fourth-order valence-corrected chi connectivity index (χ4v) is 4.36. The molecule has 30 heavy (non-hydrogen) atoms. The number of benzene rings is 3. The minimum absolute atomic E-state index is 0.145. The number of amidine groups is 1. The Morgan fingerprint density at radius 3 is 2.43 bits per heavy atom. The van der Waals surface area contributed by atoms with E-state index in [-0.39, 0.29) is 15.7 Å². The van der Waals surface area contributed by atoms with Gasteiger partial charge in [0.2, 0.25) is 0 Å². The molecule has 0 aliphatic rings.